The molecule has 0 radical (unpaired) electrons. The second kappa shape index (κ2) is 8.09. The van der Waals surface area contributed by atoms with Gasteiger partial charge in [-0.1, -0.05) is 11.6 Å². The Kier molecular flexibility index (Phi) is 5.22. The highest BCUT2D eigenvalue weighted by Crippen LogP contribution is 2.37. The van der Waals surface area contributed by atoms with Crippen LogP contribution in [0.2, 0.25) is 5.02 Å². The van der Waals surface area contributed by atoms with E-state index >= 15 is 0 Å². The lowest BCUT2D eigenvalue weighted by Gasteiger charge is -2.12. The van der Waals surface area contributed by atoms with E-state index in [1.165, 1.54) is 24.3 Å². The Morgan fingerprint density at radius 3 is 2.64 bits per heavy atom. The van der Waals surface area contributed by atoms with Gasteiger partial charge in [0.2, 0.25) is 6.79 Å². The number of hydrogen-bond acceptors (Lipinski definition) is 6. The first-order chi connectivity index (χ1) is 15.8. The zero-order chi connectivity index (χ0) is 23.2. The van der Waals surface area contributed by atoms with Crippen molar-refractivity contribution < 1.29 is 27.4 Å². The van der Waals surface area contributed by atoms with Gasteiger partial charge in [0.05, 0.1) is 23.1 Å². The van der Waals surface area contributed by atoms with Crippen LogP contribution in [0.1, 0.15) is 16.1 Å². The topological polar surface area (TPSA) is 78.3 Å². The Morgan fingerprint density at radius 2 is 1.88 bits per heavy atom. The van der Waals surface area contributed by atoms with Crippen LogP contribution in [0, 0.1) is 0 Å². The lowest BCUT2D eigenvalue weighted by molar-refractivity contribution is -0.143. The van der Waals surface area contributed by atoms with Crippen LogP contribution in [-0.4, -0.2) is 27.5 Å². The molecule has 1 aliphatic heterocycles. The zero-order valence-corrected chi connectivity index (χ0v) is 18.0. The number of hydrogen-bond donors (Lipinski definition) is 1. The van der Waals surface area contributed by atoms with Gasteiger partial charge in [0.1, 0.15) is 0 Å². The van der Waals surface area contributed by atoms with Gasteiger partial charge in [-0.2, -0.15) is 18.3 Å². The zero-order valence-electron chi connectivity index (χ0n) is 16.4. The summed E-state index contributed by atoms with van der Waals surface area (Å²) in [6, 6.07) is 10.9. The maximum Gasteiger partial charge on any atom is 0.434 e. The molecule has 2 aromatic carbocycles. The van der Waals surface area contributed by atoms with E-state index in [-0.39, 0.29) is 17.6 Å². The van der Waals surface area contributed by atoms with Crippen LogP contribution in [0.25, 0.3) is 16.9 Å². The van der Waals surface area contributed by atoms with Crippen molar-refractivity contribution in [2.75, 3.05) is 12.1 Å². The molecule has 1 aliphatic rings. The number of carbonyl (C=O) groups excluding carboxylic acids is 1. The van der Waals surface area contributed by atoms with Gasteiger partial charge in [0.15, 0.2) is 22.3 Å². The highest BCUT2D eigenvalue weighted by molar-refractivity contribution is 7.14. The van der Waals surface area contributed by atoms with E-state index in [0.717, 1.165) is 17.5 Å². The highest BCUT2D eigenvalue weighted by Gasteiger charge is 2.40. The number of aromatic nitrogens is 3. The van der Waals surface area contributed by atoms with Gasteiger partial charge in [-0.15, -0.1) is 11.3 Å². The van der Waals surface area contributed by atoms with E-state index in [4.69, 9.17) is 21.1 Å². The second-order valence-electron chi connectivity index (χ2n) is 6.85. The van der Waals surface area contributed by atoms with Crippen molar-refractivity contribution in [3.8, 4) is 28.4 Å². The number of anilines is 1. The van der Waals surface area contributed by atoms with Crippen LogP contribution in [0.5, 0.6) is 11.5 Å². The SMILES string of the molecule is O=C(Nc1nc(-c2ccc3c(c2)OCO3)cs1)c1cnn(-c2ccc(Cl)cc2)c1C(F)(F)F. The van der Waals surface area contributed by atoms with Crippen LogP contribution in [0.3, 0.4) is 0 Å². The van der Waals surface area contributed by atoms with E-state index < -0.39 is 23.3 Å². The molecule has 0 saturated heterocycles. The molecule has 0 atom stereocenters. The van der Waals surface area contributed by atoms with Gasteiger partial charge in [-0.25, -0.2) is 9.67 Å². The highest BCUT2D eigenvalue weighted by atomic mass is 35.5. The van der Waals surface area contributed by atoms with Gasteiger partial charge in [-0.3, -0.25) is 10.1 Å². The van der Waals surface area contributed by atoms with Gasteiger partial charge in [0.25, 0.3) is 5.91 Å². The molecule has 0 spiro atoms. The van der Waals surface area contributed by atoms with Crippen LogP contribution >= 0.6 is 22.9 Å². The van der Waals surface area contributed by atoms with E-state index in [9.17, 15) is 18.0 Å². The number of nitrogens with one attached hydrogen (secondary N) is 1. The van der Waals surface area contributed by atoms with Crippen molar-refractivity contribution in [2.24, 2.45) is 0 Å². The molecular weight excluding hydrogens is 481 g/mol. The summed E-state index contributed by atoms with van der Waals surface area (Å²) >= 11 is 6.89. The van der Waals surface area contributed by atoms with Crippen LogP contribution in [0.4, 0.5) is 18.3 Å². The Balaban J connectivity index is 1.42. The number of nitrogens with zero attached hydrogens (tertiary/aromatic N) is 3. The summed E-state index contributed by atoms with van der Waals surface area (Å²) in [5.74, 6) is 0.199. The first-order valence-electron chi connectivity index (χ1n) is 9.37. The van der Waals surface area contributed by atoms with Crippen LogP contribution in [-0.2, 0) is 6.18 Å². The molecule has 0 unspecified atom stereocenters. The average Bonchev–Trinajstić information content (AvgIpc) is 3.52. The third-order valence-electron chi connectivity index (χ3n) is 4.75. The van der Waals surface area contributed by atoms with Gasteiger partial charge in [-0.05, 0) is 42.5 Å². The maximum absolute atomic E-state index is 13.8. The molecule has 0 fully saturated rings. The number of benzene rings is 2. The summed E-state index contributed by atoms with van der Waals surface area (Å²) in [6.07, 6.45) is -3.96. The van der Waals surface area contributed by atoms with Crippen molar-refractivity contribution in [1.29, 1.82) is 0 Å². The molecule has 33 heavy (non-hydrogen) atoms. The molecule has 0 saturated carbocycles. The normalized spacial score (nSPS) is 12.7. The number of fused-ring (bicyclic) bond motifs is 1. The molecule has 4 aromatic rings. The molecule has 7 nitrogen and oxygen atoms in total. The van der Waals surface area contributed by atoms with E-state index in [1.54, 1.807) is 23.6 Å². The quantitative estimate of drug-likeness (QED) is 0.398. The van der Waals surface area contributed by atoms with Crippen molar-refractivity contribution >= 4 is 34.0 Å². The third-order valence-corrected chi connectivity index (χ3v) is 5.76. The molecule has 12 heteroatoms. The van der Waals surface area contributed by atoms with Gasteiger partial charge < -0.3 is 9.47 Å². The summed E-state index contributed by atoms with van der Waals surface area (Å²) in [4.78, 5) is 17.0. The molecular formula is C21H12ClF3N4O3S. The summed E-state index contributed by atoms with van der Waals surface area (Å²) in [7, 11) is 0. The van der Waals surface area contributed by atoms with E-state index in [2.05, 4.69) is 15.4 Å². The molecule has 0 aliphatic carbocycles. The molecule has 5 rings (SSSR count). The van der Waals surface area contributed by atoms with E-state index in [1.807, 2.05) is 0 Å². The molecule has 1 N–H and O–H groups in total. The number of ether oxygens (including phenoxy) is 2. The standard InChI is InChI=1S/C21H12ClF3N4O3S/c22-12-2-4-13(5-3-12)29-18(21(23,24)25)14(8-26-29)19(30)28-20-27-15(9-33-20)11-1-6-16-17(7-11)32-10-31-16/h1-9H,10H2,(H,27,28,30). The summed E-state index contributed by atoms with van der Waals surface area (Å²) in [5, 5.41) is 8.38. The minimum absolute atomic E-state index is 0.116. The van der Waals surface area contributed by atoms with Gasteiger partial charge in [0, 0.05) is 16.0 Å². The summed E-state index contributed by atoms with van der Waals surface area (Å²) in [6.45, 7) is 0.127. The largest absolute Gasteiger partial charge is 0.454 e. The molecule has 0 bridgehead atoms. The lowest BCUT2D eigenvalue weighted by Crippen LogP contribution is -2.20. The number of carbonyl (C=O) groups is 1. The smallest absolute Gasteiger partial charge is 0.434 e. The number of halogens is 4. The third kappa shape index (κ3) is 4.12. The molecule has 2 aromatic heterocycles. The minimum Gasteiger partial charge on any atom is -0.454 e. The fraction of sp³-hybridized carbons (Fsp3) is 0.0952. The van der Waals surface area contributed by atoms with Crippen molar-refractivity contribution in [3.63, 3.8) is 0 Å². The minimum atomic E-state index is -4.83. The first kappa shape index (κ1) is 21.3. The lowest BCUT2D eigenvalue weighted by atomic mass is 10.1. The summed E-state index contributed by atoms with van der Waals surface area (Å²) in [5.41, 5.74) is -0.471. The fourth-order valence-electron chi connectivity index (χ4n) is 3.25. The fourth-order valence-corrected chi connectivity index (χ4v) is 4.09. The Bertz CT molecular complexity index is 1350. The van der Waals surface area contributed by atoms with Crippen LogP contribution < -0.4 is 14.8 Å². The van der Waals surface area contributed by atoms with Crippen molar-refractivity contribution in [3.05, 3.63) is 70.3 Å². The van der Waals surface area contributed by atoms with Gasteiger partial charge >= 0.3 is 6.18 Å². The van der Waals surface area contributed by atoms with Crippen molar-refractivity contribution in [1.82, 2.24) is 14.8 Å². The van der Waals surface area contributed by atoms with E-state index in [0.29, 0.717) is 32.5 Å². The Hall–Kier alpha value is -3.57. The predicted octanol–water partition coefficient (Wildman–Crippen LogP) is 5.65. The maximum atomic E-state index is 13.8. The number of thiazole rings is 1. The summed E-state index contributed by atoms with van der Waals surface area (Å²) < 4.78 is 52.8. The monoisotopic (exact) mass is 492 g/mol. The van der Waals surface area contributed by atoms with Crippen LogP contribution in [0.15, 0.2) is 54.0 Å². The number of alkyl halides is 3. The molecule has 168 valence electrons. The molecule has 1 amide bonds. The Morgan fingerprint density at radius 1 is 1.12 bits per heavy atom. The number of rotatable bonds is 4. The predicted molar refractivity (Wildman–Crippen MR) is 115 cm³/mol. The second-order valence-corrected chi connectivity index (χ2v) is 8.15. The average molecular weight is 493 g/mol. The molecule has 3 heterocycles. The first-order valence-corrected chi connectivity index (χ1v) is 10.6. The van der Waals surface area contributed by atoms with Crippen molar-refractivity contribution in [2.45, 2.75) is 6.18 Å². The Labute approximate surface area is 193 Å². The number of amides is 1.